The lowest BCUT2D eigenvalue weighted by molar-refractivity contribution is -0.142. The van der Waals surface area contributed by atoms with Gasteiger partial charge in [0.2, 0.25) is 11.8 Å². The quantitative estimate of drug-likeness (QED) is 0.0843. The van der Waals surface area contributed by atoms with Gasteiger partial charge in [0.1, 0.15) is 12.1 Å². The van der Waals surface area contributed by atoms with Gasteiger partial charge in [0, 0.05) is 0 Å². The second-order valence-corrected chi connectivity index (χ2v) is 10.7. The number of aliphatic carboxylic acids is 1. The van der Waals surface area contributed by atoms with Crippen molar-refractivity contribution < 1.29 is 19.5 Å². The maximum atomic E-state index is 13.1. The van der Waals surface area contributed by atoms with Gasteiger partial charge in [0.15, 0.2) is 0 Å². The van der Waals surface area contributed by atoms with Gasteiger partial charge in [-0.1, -0.05) is 136 Å². The van der Waals surface area contributed by atoms with Gasteiger partial charge in [-0.25, -0.2) is 4.79 Å². The van der Waals surface area contributed by atoms with Crippen molar-refractivity contribution in [1.82, 2.24) is 10.6 Å². The smallest absolute Gasteiger partial charge is 0.326 e. The van der Waals surface area contributed by atoms with Crippen molar-refractivity contribution in [1.29, 1.82) is 0 Å². The molecule has 38 heavy (non-hydrogen) atoms. The first-order valence-corrected chi connectivity index (χ1v) is 15.5. The monoisotopic (exact) mass is 561 g/mol. The highest BCUT2D eigenvalue weighted by atomic mass is 35.5. The average Bonchev–Trinajstić information content (AvgIpc) is 2.88. The molecule has 226 valence electrons. The average molecular weight is 562 g/mol. The lowest BCUT2D eigenvalue weighted by atomic mass is 10.0. The number of rotatable bonds is 26. The Hall–Kier alpha value is -1.34. The molecule has 7 nitrogen and oxygen atoms in total. The number of amides is 2. The van der Waals surface area contributed by atoms with Crippen LogP contribution in [-0.2, 0) is 14.4 Å². The van der Waals surface area contributed by atoms with Crippen LogP contribution in [0, 0.1) is 0 Å². The normalized spacial score (nSPS) is 13.3. The number of hydrogen-bond acceptors (Lipinski definition) is 4. The third-order valence-electron chi connectivity index (χ3n) is 7.15. The first-order valence-electron chi connectivity index (χ1n) is 15.5. The van der Waals surface area contributed by atoms with E-state index in [0.717, 1.165) is 64.2 Å². The van der Waals surface area contributed by atoms with Crippen molar-refractivity contribution in [3.63, 3.8) is 0 Å². The van der Waals surface area contributed by atoms with Gasteiger partial charge in [-0.05, 0) is 19.3 Å². The molecule has 8 heteroatoms. The van der Waals surface area contributed by atoms with Crippen LogP contribution >= 0.6 is 12.4 Å². The first kappa shape index (κ1) is 38.8. The minimum absolute atomic E-state index is 0. The minimum atomic E-state index is -1.02. The summed E-state index contributed by atoms with van der Waals surface area (Å²) in [6.07, 6.45) is 21.0. The summed E-state index contributed by atoms with van der Waals surface area (Å²) < 4.78 is 0. The van der Waals surface area contributed by atoms with Crippen LogP contribution in [0.25, 0.3) is 0 Å². The van der Waals surface area contributed by atoms with E-state index >= 15 is 0 Å². The maximum absolute atomic E-state index is 13.1. The number of carbonyl (C=O) groups excluding carboxylic acids is 2. The molecular weight excluding hydrogens is 502 g/mol. The zero-order valence-electron chi connectivity index (χ0n) is 24.7. The molecule has 0 saturated carbocycles. The largest absolute Gasteiger partial charge is 0.480 e. The number of carbonyl (C=O) groups is 3. The van der Waals surface area contributed by atoms with E-state index in [0.29, 0.717) is 19.3 Å². The standard InChI is InChI=1S/C30H59N3O4.ClH/c1-4-7-10-13-16-19-22-25(31)28(34)32-26(23-20-17-14-11-8-5-2)29(35)33-27(30(36)37)24-21-18-15-12-9-6-3;/h25-27H,4-24,31H2,1-3H3,(H,32,34)(H,33,35)(H,36,37);1H. The molecular formula is C30H60ClN3O4. The van der Waals surface area contributed by atoms with Crippen molar-refractivity contribution >= 4 is 30.2 Å². The Kier molecular flexibility index (Phi) is 27.8. The summed E-state index contributed by atoms with van der Waals surface area (Å²) in [5, 5.41) is 15.2. The van der Waals surface area contributed by atoms with Gasteiger partial charge < -0.3 is 21.5 Å². The molecule has 0 bridgehead atoms. The zero-order valence-corrected chi connectivity index (χ0v) is 25.6. The molecule has 0 saturated heterocycles. The fourth-order valence-corrected chi connectivity index (χ4v) is 4.61. The molecule has 3 unspecified atom stereocenters. The Balaban J connectivity index is 0. The van der Waals surface area contributed by atoms with Crippen LogP contribution in [0.5, 0.6) is 0 Å². The summed E-state index contributed by atoms with van der Waals surface area (Å²) in [7, 11) is 0. The zero-order chi connectivity index (χ0) is 27.7. The molecule has 5 N–H and O–H groups in total. The van der Waals surface area contributed by atoms with E-state index in [2.05, 4.69) is 31.4 Å². The molecule has 3 atom stereocenters. The van der Waals surface area contributed by atoms with Gasteiger partial charge >= 0.3 is 5.97 Å². The summed E-state index contributed by atoms with van der Waals surface area (Å²) in [5.74, 6) is -1.75. The van der Waals surface area contributed by atoms with Gasteiger partial charge in [-0.15, -0.1) is 12.4 Å². The van der Waals surface area contributed by atoms with Gasteiger partial charge in [-0.3, -0.25) is 9.59 Å². The Morgan fingerprint density at radius 2 is 0.895 bits per heavy atom. The van der Waals surface area contributed by atoms with E-state index in [4.69, 9.17) is 5.73 Å². The molecule has 0 aromatic rings. The molecule has 0 aliphatic rings. The molecule has 0 spiro atoms. The summed E-state index contributed by atoms with van der Waals surface area (Å²) in [6, 6.07) is -2.33. The van der Waals surface area contributed by atoms with Gasteiger partial charge in [-0.2, -0.15) is 0 Å². The molecule has 0 radical (unpaired) electrons. The summed E-state index contributed by atoms with van der Waals surface area (Å²) >= 11 is 0. The van der Waals surface area contributed by atoms with E-state index in [1.165, 1.54) is 51.4 Å². The van der Waals surface area contributed by atoms with Crippen LogP contribution in [0.1, 0.15) is 156 Å². The van der Waals surface area contributed by atoms with Crippen molar-refractivity contribution in [3.05, 3.63) is 0 Å². The molecule has 0 fully saturated rings. The van der Waals surface area contributed by atoms with Crippen LogP contribution in [0.3, 0.4) is 0 Å². The molecule has 0 aromatic carbocycles. The molecule has 0 rings (SSSR count). The van der Waals surface area contributed by atoms with E-state index in [1.807, 2.05) is 0 Å². The van der Waals surface area contributed by atoms with Crippen molar-refractivity contribution in [2.75, 3.05) is 0 Å². The predicted octanol–water partition coefficient (Wildman–Crippen LogP) is 7.04. The molecule has 0 aromatic heterocycles. The Bertz CT molecular complexity index is 592. The van der Waals surface area contributed by atoms with E-state index in [9.17, 15) is 19.5 Å². The fraction of sp³-hybridized carbons (Fsp3) is 0.900. The van der Waals surface area contributed by atoms with E-state index < -0.39 is 30.0 Å². The van der Waals surface area contributed by atoms with Gasteiger partial charge in [0.05, 0.1) is 6.04 Å². The number of nitrogens with two attached hydrogens (primary N) is 1. The van der Waals surface area contributed by atoms with E-state index in [-0.39, 0.29) is 18.3 Å². The highest BCUT2D eigenvalue weighted by Crippen LogP contribution is 2.13. The summed E-state index contributed by atoms with van der Waals surface area (Å²) in [4.78, 5) is 37.7. The number of nitrogens with one attached hydrogen (secondary N) is 2. The van der Waals surface area contributed by atoms with Crippen LogP contribution in [0.4, 0.5) is 0 Å². The Morgan fingerprint density at radius 3 is 1.32 bits per heavy atom. The Labute approximate surface area is 239 Å². The summed E-state index contributed by atoms with van der Waals surface area (Å²) in [6.45, 7) is 6.53. The number of carboxylic acids is 1. The molecule has 0 heterocycles. The second kappa shape index (κ2) is 27.2. The van der Waals surface area contributed by atoms with Crippen molar-refractivity contribution in [3.8, 4) is 0 Å². The lowest BCUT2D eigenvalue weighted by Crippen LogP contribution is -2.54. The number of carboxylic acid groups (broad SMARTS) is 1. The molecule has 0 aliphatic carbocycles. The predicted molar refractivity (Wildman–Crippen MR) is 161 cm³/mol. The molecule has 0 aliphatic heterocycles. The van der Waals surface area contributed by atoms with Gasteiger partial charge in [0.25, 0.3) is 0 Å². The number of halogens is 1. The summed E-state index contributed by atoms with van der Waals surface area (Å²) in [5.41, 5.74) is 6.14. The van der Waals surface area contributed by atoms with E-state index in [1.54, 1.807) is 0 Å². The highest BCUT2D eigenvalue weighted by molar-refractivity contribution is 5.91. The van der Waals surface area contributed by atoms with Crippen LogP contribution in [-0.4, -0.2) is 41.0 Å². The SMILES string of the molecule is CCCCCCCCC(N)C(=O)NC(CCCCCCCC)C(=O)NC(CCCCCCCC)C(=O)O.Cl. The minimum Gasteiger partial charge on any atom is -0.480 e. The molecule has 2 amide bonds. The van der Waals surface area contributed by atoms with Crippen molar-refractivity contribution in [2.45, 2.75) is 174 Å². The Morgan fingerprint density at radius 1 is 0.553 bits per heavy atom. The lowest BCUT2D eigenvalue weighted by Gasteiger charge is -2.23. The van der Waals surface area contributed by atoms with Crippen LogP contribution < -0.4 is 16.4 Å². The van der Waals surface area contributed by atoms with Crippen LogP contribution in [0.15, 0.2) is 0 Å². The van der Waals surface area contributed by atoms with Crippen molar-refractivity contribution in [2.24, 2.45) is 5.73 Å². The number of hydrogen-bond donors (Lipinski definition) is 4. The van der Waals surface area contributed by atoms with Crippen LogP contribution in [0.2, 0.25) is 0 Å². The third-order valence-corrected chi connectivity index (χ3v) is 7.15. The topological polar surface area (TPSA) is 122 Å². The fourth-order valence-electron chi connectivity index (χ4n) is 4.61. The third kappa shape index (κ3) is 21.6. The second-order valence-electron chi connectivity index (χ2n) is 10.7. The highest BCUT2D eigenvalue weighted by Gasteiger charge is 2.27. The first-order chi connectivity index (χ1) is 17.9. The number of unbranched alkanes of at least 4 members (excludes halogenated alkanes) is 15. The maximum Gasteiger partial charge on any atom is 0.326 e.